The summed E-state index contributed by atoms with van der Waals surface area (Å²) in [6.45, 7) is 28.5. The van der Waals surface area contributed by atoms with E-state index in [1.54, 1.807) is 11.1 Å². The van der Waals surface area contributed by atoms with Crippen molar-refractivity contribution in [2.45, 2.75) is 342 Å². The van der Waals surface area contributed by atoms with Crippen molar-refractivity contribution in [3.63, 3.8) is 0 Å². The van der Waals surface area contributed by atoms with Gasteiger partial charge in [-0.15, -0.1) is 0 Å². The van der Waals surface area contributed by atoms with Gasteiger partial charge in [-0.3, -0.25) is 28.9 Å². The smallest absolute Gasteiger partial charge is 0.793 e. The summed E-state index contributed by atoms with van der Waals surface area (Å²) in [7, 11) is 4.32. The predicted octanol–water partition coefficient (Wildman–Crippen LogP) is 13.0. The van der Waals surface area contributed by atoms with Crippen molar-refractivity contribution < 1.29 is 102 Å². The number of hydrogen-bond donors (Lipinski definition) is 5. The molecule has 3 radical (unpaired) electrons. The number of carbonyl (C=O) groups is 8. The topological polar surface area (TPSA) is 262 Å². The number of nitrogens with zero attached hydrogens (tertiary/aromatic N) is 1. The van der Waals surface area contributed by atoms with E-state index in [2.05, 4.69) is 123 Å². The Morgan fingerprint density at radius 1 is 0.563 bits per heavy atom. The molecule has 4 saturated heterocycles. The van der Waals surface area contributed by atoms with E-state index in [1.165, 1.54) is 102 Å². The number of rotatable bonds is 25. The maximum Gasteiger partial charge on any atom is 1.00 e. The first-order valence-electron chi connectivity index (χ1n) is 46.2. The summed E-state index contributed by atoms with van der Waals surface area (Å²) in [4.78, 5) is 97.9. The van der Waals surface area contributed by atoms with Gasteiger partial charge >= 0.3 is 41.5 Å². The third kappa shape index (κ3) is 20.2. The summed E-state index contributed by atoms with van der Waals surface area (Å²) in [6, 6.07) is 21.2. The Kier molecular flexibility index (Phi) is 32.3. The fourth-order valence-corrected chi connectivity index (χ4v) is 27.5. The van der Waals surface area contributed by atoms with E-state index in [0.717, 1.165) is 171 Å². The number of aldehydes is 1. The minimum absolute atomic E-state index is 0. The number of carbonyl (C=O) groups excluding carboxylic acids is 8. The number of fused-ring (bicyclic) bond motifs is 12. The van der Waals surface area contributed by atoms with Crippen LogP contribution in [-0.4, -0.2) is 151 Å². The van der Waals surface area contributed by atoms with Crippen LogP contribution in [-0.2, 0) is 75.1 Å². The number of hydrogen-bond acceptors (Lipinski definition) is 17. The molecular weight excluding hydrogens is 1510 g/mol. The number of unbranched alkanes of at least 4 members (excludes halogenated alkanes) is 4. The Labute approximate surface area is 735 Å². The molecule has 21 heteroatoms. The zero-order valence-corrected chi connectivity index (χ0v) is 76.5. The van der Waals surface area contributed by atoms with Crippen LogP contribution in [0.1, 0.15) is 293 Å². The van der Waals surface area contributed by atoms with Crippen molar-refractivity contribution >= 4 is 55.6 Å². The fourth-order valence-electron chi connectivity index (χ4n) is 27.5. The van der Waals surface area contributed by atoms with Gasteiger partial charge in [0.15, 0.2) is 0 Å². The molecule has 19 nitrogen and oxygen atoms in total. The molecule has 10 aliphatic carbocycles. The number of aliphatic hydroxyl groups excluding tert-OH is 2. The molecule has 119 heavy (non-hydrogen) atoms. The van der Waals surface area contributed by atoms with Gasteiger partial charge in [-0.05, 0) is 254 Å². The Hall–Kier alpha value is -4.90. The van der Waals surface area contributed by atoms with Gasteiger partial charge in [0, 0.05) is 120 Å². The van der Waals surface area contributed by atoms with E-state index >= 15 is 0 Å². The number of aryl methyl sites for hydroxylation is 2. The first-order valence-corrected chi connectivity index (χ1v) is 46.2. The molecule has 2 amide bonds. The molecule has 4 spiro atoms. The molecule has 4 unspecified atom stereocenters. The number of likely N-dealkylation sites (tertiary alicyclic amines) is 1. The molecule has 4 aliphatic heterocycles. The van der Waals surface area contributed by atoms with E-state index in [9.17, 15) is 48.6 Å². The molecule has 2 aromatic carbocycles. The Balaban J connectivity index is 0.000000175. The van der Waals surface area contributed by atoms with Gasteiger partial charge in [0.2, 0.25) is 17.8 Å². The molecule has 0 bridgehead atoms. The van der Waals surface area contributed by atoms with Crippen LogP contribution in [0.25, 0.3) is 0 Å². The number of ether oxygens (including phenoxy) is 2. The van der Waals surface area contributed by atoms with E-state index in [-0.39, 0.29) is 81.4 Å². The second kappa shape index (κ2) is 40.6. The van der Waals surface area contributed by atoms with Crippen molar-refractivity contribution in [3.05, 3.63) is 95.1 Å². The molecule has 4 heterocycles. The van der Waals surface area contributed by atoms with Crippen LogP contribution in [0.2, 0.25) is 0 Å². The van der Waals surface area contributed by atoms with Crippen LogP contribution in [0.15, 0.2) is 84.0 Å². The number of nitrogens with one attached hydrogen (secondary N) is 3. The molecule has 8 saturated carbocycles. The summed E-state index contributed by atoms with van der Waals surface area (Å²) in [5.41, 5.74) is 7.85. The van der Waals surface area contributed by atoms with Crippen LogP contribution in [0, 0.1) is 91.7 Å². The molecule has 24 atom stereocenters. The minimum atomic E-state index is -0.639. The average molecular weight is 1650 g/mol. The largest absolute Gasteiger partial charge is 1.00 e. The molecule has 2 aromatic rings. The van der Waals surface area contributed by atoms with Crippen molar-refractivity contribution in [3.8, 4) is 0 Å². The average Bonchev–Trinajstić information content (AvgIpc) is 1.46. The van der Waals surface area contributed by atoms with Gasteiger partial charge in [0.1, 0.15) is 17.9 Å². The summed E-state index contributed by atoms with van der Waals surface area (Å²) in [5, 5.41) is 30.7. The van der Waals surface area contributed by atoms with Crippen molar-refractivity contribution in [2.24, 2.45) is 91.7 Å². The third-order valence-corrected chi connectivity index (χ3v) is 33.5. The molecule has 5 N–H and O–H groups in total. The first-order chi connectivity index (χ1) is 56.4. The zero-order valence-electron chi connectivity index (χ0n) is 74.5. The zero-order chi connectivity index (χ0) is 84.6. The molecule has 12 fully saturated rings. The first kappa shape index (κ1) is 94.8. The summed E-state index contributed by atoms with van der Waals surface area (Å²) in [5.74, 6) is 6.52. The fraction of sp³-hybridized carbons (Fsp3) is 0.755. The number of piperidine rings is 2. The van der Waals surface area contributed by atoms with Gasteiger partial charge in [-0.25, -0.2) is 19.4 Å². The second-order valence-electron chi connectivity index (χ2n) is 40.3. The van der Waals surface area contributed by atoms with Gasteiger partial charge < -0.3 is 53.1 Å². The van der Waals surface area contributed by atoms with Crippen molar-refractivity contribution in [1.82, 2.24) is 20.9 Å². The number of Topliss-reactive ketones (excluding diaryl/α,β-unsaturated/α-hetero) is 2. The van der Waals surface area contributed by atoms with Crippen molar-refractivity contribution in [2.75, 3.05) is 32.7 Å². The summed E-state index contributed by atoms with van der Waals surface area (Å²) >= 11 is 0. The third-order valence-electron chi connectivity index (χ3n) is 33.5. The van der Waals surface area contributed by atoms with Crippen molar-refractivity contribution in [1.29, 1.82) is 0 Å². The molecule has 0 aromatic heterocycles. The van der Waals surface area contributed by atoms with Crippen LogP contribution in [0.4, 0.5) is 0 Å². The normalized spacial score (nSPS) is 38.2. The van der Waals surface area contributed by atoms with E-state index in [4.69, 9.17) is 9.47 Å². The number of benzene rings is 2. The number of amides is 2. The quantitative estimate of drug-likeness (QED) is 0.0154. The van der Waals surface area contributed by atoms with Crippen LogP contribution in [0.3, 0.4) is 0 Å². The second-order valence-corrected chi connectivity index (χ2v) is 40.3. The monoisotopic (exact) mass is 1650 g/mol. The Morgan fingerprint density at radius 3 is 1.49 bits per heavy atom. The van der Waals surface area contributed by atoms with E-state index in [0.29, 0.717) is 128 Å². The number of aliphatic hydroxyl groups is 2. The molecule has 16 rings (SSSR count). The maximum absolute atomic E-state index is 12.9. The van der Waals surface area contributed by atoms with E-state index < -0.39 is 17.9 Å². The predicted molar refractivity (Wildman–Crippen MR) is 457 cm³/mol. The standard InChI is InChI=1S/C46H68N2O4.C28H43NO2.C18H25NO3.C4H6O4.C2H3BO2.Na/c1-31-26-40-42(48(29-31)25-11-15-35(49)14-9-6-10-24-47-41(51)19-16-33-12-7-5-8-13-33)32(2)46(52-40)23-21-38-37-18-17-34-27-36(50)20-22-43(34,3)39(37)28-45(38)30-44(45,46)4;1-16-11-23-24(29-14-16)17(2)28(31-23)10-8-21-20-6-5-18-12-19(30)7-9-25(18,3)22(20)13-27(21)15-26(27,28)4;20-15-7-11-17(21)10-5-2-6-14-19-18(22)13-12-16-8-3-1-4-9-16;1-3(5)7-8-4(2)6;1-2(4)5-3;/h5,7-8,12-13,17,31-32,36-40,42,50H,6,9-11,14-16,18-30H2,1-4H3,(H,47,51);5,16-17,19-24,29-30H,6-15H2,1-4H3;1,3-4,8-9,15H,2,5-7,10-14H2,(H,19,22);1-2H3;1H3;/q;;;;-1;+1/t31-,32+,36-,37-,38-,39-,40+,42-,43-,44?,45?,46+;16-,17+,19-,20-,21-,22-,23+,24-,25-,26?,27?,28+;;;;/m00..../s1. The van der Waals surface area contributed by atoms with Crippen LogP contribution in [0.5, 0.6) is 0 Å². The maximum atomic E-state index is 12.9. The van der Waals surface area contributed by atoms with E-state index in [1.807, 2.05) is 48.5 Å². The van der Waals surface area contributed by atoms with Crippen LogP contribution < -0.4 is 45.5 Å². The number of ketones is 2. The summed E-state index contributed by atoms with van der Waals surface area (Å²) in [6.07, 6.45) is 39.9. The molecular formula is C98H145BN4NaO15. The van der Waals surface area contributed by atoms with Crippen LogP contribution >= 0.6 is 0 Å². The van der Waals surface area contributed by atoms with Gasteiger partial charge in [-0.1, -0.05) is 152 Å². The SMILES string of the molecule is CC(=O)OOC(C)=O.C[C@@H]1CN[C@H]2[C@@H](C)[C@@]3(CC[C@H]4[C@@H]5CC=C6C[C@@H](O)CC[C@]6(C)[C@H]5CC45CC53C)O[C@@H]2C1.C[C@H]1C[C@H]2O[C@]3(CC[C@H]4[C@@H]5CC=C6C[C@@H](O)CC[C@]6(C)[C@H]5CC45CC53C)[C@H](C)[C@@H]2N(CCCC(=O)CCCCCNC(=O)CCc2ccccc2)C1.O=CCCC(=O)CCCCCNC(=O)CCc1ccccc1.[B-]OC(C)=O.[Na+]. The Morgan fingerprint density at radius 2 is 1.02 bits per heavy atom. The Bertz CT molecular complexity index is 3870. The van der Waals surface area contributed by atoms with Gasteiger partial charge in [-0.2, -0.15) is 0 Å². The molecule has 651 valence electrons. The number of allylic oxidation sites excluding steroid dienone is 2. The molecule has 14 aliphatic rings. The minimum Gasteiger partial charge on any atom is -0.793 e. The van der Waals surface area contributed by atoms with Gasteiger partial charge in [0.25, 0.3) is 0 Å². The summed E-state index contributed by atoms with van der Waals surface area (Å²) < 4.78 is 18.4. The van der Waals surface area contributed by atoms with Gasteiger partial charge in [0.05, 0.1) is 35.6 Å².